The molecular formula is C20H25N3O3S. The molecule has 0 radical (unpaired) electrons. The van der Waals surface area contributed by atoms with Crippen molar-refractivity contribution in [2.24, 2.45) is 4.99 Å². The van der Waals surface area contributed by atoms with Gasteiger partial charge in [-0.15, -0.1) is 0 Å². The maximum absolute atomic E-state index is 12.3. The number of nitrogens with zero attached hydrogens (tertiary/aromatic N) is 3. The molecule has 2 amide bonds. The van der Waals surface area contributed by atoms with Crippen LogP contribution in [0.5, 0.6) is 5.75 Å². The fourth-order valence-corrected chi connectivity index (χ4v) is 3.86. The Hall–Kier alpha value is -2.28. The molecule has 6 nitrogen and oxygen atoms in total. The summed E-state index contributed by atoms with van der Waals surface area (Å²) in [4.78, 5) is 32.4. The topological polar surface area (TPSA) is 62.2 Å². The highest BCUT2D eigenvalue weighted by molar-refractivity contribution is 8.18. The molecule has 0 unspecified atom stereocenters. The van der Waals surface area contributed by atoms with Gasteiger partial charge in [0.1, 0.15) is 5.75 Å². The van der Waals surface area contributed by atoms with Gasteiger partial charge in [0.2, 0.25) is 5.91 Å². The molecule has 2 aliphatic heterocycles. The standard InChI is InChI=1S/C20H25N3O3S/c1-3-4-13-26-17-7-5-16(6-8-17)14-18-19(25)21-20(27-18)23-11-9-22(10-12-23)15(2)24/h5-8,14H,3-4,9-13H2,1-2H3/b18-14-. The molecule has 0 spiro atoms. The van der Waals surface area contributed by atoms with E-state index in [1.165, 1.54) is 11.8 Å². The third-order valence-corrected chi connectivity index (χ3v) is 5.59. The van der Waals surface area contributed by atoms with Gasteiger partial charge in [0.25, 0.3) is 5.91 Å². The largest absolute Gasteiger partial charge is 0.494 e. The number of piperazine rings is 1. The molecule has 0 aromatic heterocycles. The van der Waals surface area contributed by atoms with Gasteiger partial charge in [-0.1, -0.05) is 25.5 Å². The highest BCUT2D eigenvalue weighted by atomic mass is 32.2. The number of thioether (sulfide) groups is 1. The predicted molar refractivity (Wildman–Crippen MR) is 109 cm³/mol. The molecule has 144 valence electrons. The third kappa shape index (κ3) is 5.13. The second-order valence-electron chi connectivity index (χ2n) is 6.57. The molecule has 7 heteroatoms. The number of amidine groups is 1. The summed E-state index contributed by atoms with van der Waals surface area (Å²) in [5, 5.41) is 0.731. The summed E-state index contributed by atoms with van der Waals surface area (Å²) in [5.41, 5.74) is 0.951. The quantitative estimate of drug-likeness (QED) is 0.574. The van der Waals surface area contributed by atoms with Crippen LogP contribution in [0.2, 0.25) is 0 Å². The minimum absolute atomic E-state index is 0.0921. The van der Waals surface area contributed by atoms with Gasteiger partial charge in [0.15, 0.2) is 5.17 Å². The van der Waals surface area contributed by atoms with Gasteiger partial charge in [0, 0.05) is 33.1 Å². The zero-order chi connectivity index (χ0) is 19.2. The fraction of sp³-hybridized carbons (Fsp3) is 0.450. The smallest absolute Gasteiger partial charge is 0.286 e. The SMILES string of the molecule is CCCCOc1ccc(/C=C2\SC(N3CCN(C(C)=O)CC3)=NC2=O)cc1. The van der Waals surface area contributed by atoms with Crippen molar-refractivity contribution < 1.29 is 14.3 Å². The van der Waals surface area contributed by atoms with Gasteiger partial charge in [-0.05, 0) is 42.0 Å². The van der Waals surface area contributed by atoms with Crippen LogP contribution in [0.15, 0.2) is 34.2 Å². The Labute approximate surface area is 164 Å². The molecule has 1 fully saturated rings. The van der Waals surface area contributed by atoms with E-state index in [9.17, 15) is 9.59 Å². The van der Waals surface area contributed by atoms with Crippen LogP contribution < -0.4 is 4.74 Å². The summed E-state index contributed by atoms with van der Waals surface area (Å²) >= 11 is 1.40. The van der Waals surface area contributed by atoms with Crippen molar-refractivity contribution in [2.45, 2.75) is 26.7 Å². The van der Waals surface area contributed by atoms with Gasteiger partial charge < -0.3 is 14.5 Å². The third-order valence-electron chi connectivity index (χ3n) is 4.55. The molecule has 0 atom stereocenters. The number of carbonyl (C=O) groups excluding carboxylic acids is 2. The van der Waals surface area contributed by atoms with Crippen molar-refractivity contribution in [2.75, 3.05) is 32.8 Å². The summed E-state index contributed by atoms with van der Waals surface area (Å²) < 4.78 is 5.66. The van der Waals surface area contributed by atoms with E-state index in [-0.39, 0.29) is 11.8 Å². The van der Waals surface area contributed by atoms with E-state index < -0.39 is 0 Å². The molecule has 1 aromatic carbocycles. The molecule has 0 N–H and O–H groups in total. The van der Waals surface area contributed by atoms with Gasteiger partial charge >= 0.3 is 0 Å². The summed E-state index contributed by atoms with van der Waals surface area (Å²) in [6.07, 6.45) is 4.01. The van der Waals surface area contributed by atoms with E-state index in [2.05, 4.69) is 16.8 Å². The van der Waals surface area contributed by atoms with Crippen molar-refractivity contribution in [1.29, 1.82) is 0 Å². The Balaban J connectivity index is 1.58. The monoisotopic (exact) mass is 387 g/mol. The molecular weight excluding hydrogens is 362 g/mol. The molecule has 1 aromatic rings. The Morgan fingerprint density at radius 1 is 1.22 bits per heavy atom. The van der Waals surface area contributed by atoms with Crippen LogP contribution in [-0.4, -0.2) is 59.6 Å². The van der Waals surface area contributed by atoms with Crippen LogP contribution in [0.3, 0.4) is 0 Å². The van der Waals surface area contributed by atoms with Crippen LogP contribution in [0.4, 0.5) is 0 Å². The van der Waals surface area contributed by atoms with Gasteiger partial charge in [-0.25, -0.2) is 0 Å². The van der Waals surface area contributed by atoms with E-state index in [0.29, 0.717) is 31.1 Å². The number of unbranched alkanes of at least 4 members (excludes halogenated alkanes) is 1. The van der Waals surface area contributed by atoms with Crippen LogP contribution in [0.25, 0.3) is 6.08 Å². The summed E-state index contributed by atoms with van der Waals surface area (Å²) in [6.45, 7) is 7.19. The van der Waals surface area contributed by atoms with Crippen molar-refractivity contribution in [1.82, 2.24) is 9.80 Å². The van der Waals surface area contributed by atoms with E-state index in [0.717, 1.165) is 35.9 Å². The average Bonchev–Trinajstić information content (AvgIpc) is 3.04. The number of hydrogen-bond donors (Lipinski definition) is 0. The van der Waals surface area contributed by atoms with Gasteiger partial charge in [-0.2, -0.15) is 4.99 Å². The second kappa shape index (κ2) is 9.08. The normalized spacial score (nSPS) is 18.8. The number of carbonyl (C=O) groups is 2. The second-order valence-corrected chi connectivity index (χ2v) is 7.58. The maximum atomic E-state index is 12.3. The van der Waals surface area contributed by atoms with Crippen LogP contribution >= 0.6 is 11.8 Å². The lowest BCUT2D eigenvalue weighted by atomic mass is 10.2. The summed E-state index contributed by atoms with van der Waals surface area (Å²) in [6, 6.07) is 7.75. The first kappa shape index (κ1) is 19.5. The van der Waals surface area contributed by atoms with Crippen molar-refractivity contribution in [3.05, 3.63) is 34.7 Å². The van der Waals surface area contributed by atoms with E-state index in [1.54, 1.807) is 6.92 Å². The van der Waals surface area contributed by atoms with Crippen LogP contribution in [0, 0.1) is 0 Å². The lowest BCUT2D eigenvalue weighted by molar-refractivity contribution is -0.130. The minimum atomic E-state index is -0.202. The predicted octanol–water partition coefficient (Wildman–Crippen LogP) is 3.00. The van der Waals surface area contributed by atoms with Crippen molar-refractivity contribution in [3.63, 3.8) is 0 Å². The molecule has 0 aliphatic carbocycles. The lowest BCUT2D eigenvalue weighted by Gasteiger charge is -2.34. The van der Waals surface area contributed by atoms with Crippen LogP contribution in [-0.2, 0) is 9.59 Å². The Morgan fingerprint density at radius 2 is 1.93 bits per heavy atom. The van der Waals surface area contributed by atoms with E-state index in [4.69, 9.17) is 4.74 Å². The molecule has 2 heterocycles. The highest BCUT2D eigenvalue weighted by Crippen LogP contribution is 2.31. The first-order valence-electron chi connectivity index (χ1n) is 9.32. The molecule has 0 saturated carbocycles. The van der Waals surface area contributed by atoms with Crippen LogP contribution in [0.1, 0.15) is 32.3 Å². The number of amides is 2. The summed E-state index contributed by atoms with van der Waals surface area (Å²) in [7, 11) is 0. The number of aliphatic imine (C=N–C) groups is 1. The van der Waals surface area contributed by atoms with E-state index in [1.807, 2.05) is 35.2 Å². The molecule has 2 aliphatic rings. The Kier molecular flexibility index (Phi) is 6.55. The number of hydrogen-bond acceptors (Lipinski definition) is 5. The molecule has 0 bridgehead atoms. The number of benzene rings is 1. The average molecular weight is 388 g/mol. The fourth-order valence-electron chi connectivity index (χ4n) is 2.89. The van der Waals surface area contributed by atoms with Gasteiger partial charge in [-0.3, -0.25) is 9.59 Å². The molecule has 1 saturated heterocycles. The highest BCUT2D eigenvalue weighted by Gasteiger charge is 2.28. The first-order valence-corrected chi connectivity index (χ1v) is 10.1. The summed E-state index contributed by atoms with van der Waals surface area (Å²) in [5.74, 6) is 0.734. The Bertz CT molecular complexity index is 750. The zero-order valence-corrected chi connectivity index (χ0v) is 16.6. The van der Waals surface area contributed by atoms with Crippen molar-refractivity contribution >= 4 is 34.8 Å². The minimum Gasteiger partial charge on any atom is -0.494 e. The molecule has 27 heavy (non-hydrogen) atoms. The lowest BCUT2D eigenvalue weighted by Crippen LogP contribution is -2.49. The Morgan fingerprint density at radius 3 is 2.56 bits per heavy atom. The van der Waals surface area contributed by atoms with Crippen molar-refractivity contribution in [3.8, 4) is 5.75 Å². The first-order chi connectivity index (χ1) is 13.1. The number of rotatable bonds is 5. The molecule has 3 rings (SSSR count). The van der Waals surface area contributed by atoms with E-state index >= 15 is 0 Å². The zero-order valence-electron chi connectivity index (χ0n) is 15.8. The van der Waals surface area contributed by atoms with Gasteiger partial charge in [0.05, 0.1) is 11.5 Å². The maximum Gasteiger partial charge on any atom is 0.286 e. The number of ether oxygens (including phenoxy) is 1.